The van der Waals surface area contributed by atoms with Crippen molar-refractivity contribution in [2.75, 3.05) is 13.2 Å². The molecule has 1 atom stereocenters. The highest BCUT2D eigenvalue weighted by Gasteiger charge is 2.37. The molecule has 0 rings (SSSR count). The van der Waals surface area contributed by atoms with E-state index in [9.17, 15) is 13.2 Å². The Bertz CT molecular complexity index is 208. The minimum absolute atomic E-state index is 0.232. The lowest BCUT2D eigenvalue weighted by molar-refractivity contribution is -0.205. The Morgan fingerprint density at radius 2 is 1.35 bits per heavy atom. The number of aliphatic hydroxyl groups is 1. The lowest BCUT2D eigenvalue weighted by Crippen LogP contribution is -2.28. The highest BCUT2D eigenvalue weighted by molar-refractivity contribution is 4.64. The molecule has 0 aliphatic heterocycles. The van der Waals surface area contributed by atoms with Crippen molar-refractivity contribution in [1.29, 1.82) is 0 Å². The number of hydrogen-bond donors (Lipinski definition) is 1. The third kappa shape index (κ3) is 12.7. The fourth-order valence-electron chi connectivity index (χ4n) is 1.97. The van der Waals surface area contributed by atoms with Gasteiger partial charge in [-0.05, 0) is 25.7 Å². The monoisotopic (exact) mass is 298 g/mol. The quantitative estimate of drug-likeness (QED) is 0.493. The summed E-state index contributed by atoms with van der Waals surface area (Å²) in [5.74, 6) is 0. The van der Waals surface area contributed by atoms with Crippen molar-refractivity contribution in [2.45, 2.75) is 83.4 Å². The van der Waals surface area contributed by atoms with Gasteiger partial charge in [0.05, 0.1) is 0 Å². The van der Waals surface area contributed by atoms with E-state index in [1.807, 2.05) is 0 Å². The first-order chi connectivity index (χ1) is 9.48. The van der Waals surface area contributed by atoms with Gasteiger partial charge in [-0.15, -0.1) is 0 Å². The van der Waals surface area contributed by atoms with Crippen LogP contribution < -0.4 is 0 Å². The molecule has 2 nitrogen and oxygen atoms in total. The van der Waals surface area contributed by atoms with Gasteiger partial charge in [0.25, 0.3) is 0 Å². The molecule has 0 heterocycles. The molecule has 0 saturated heterocycles. The molecule has 0 aromatic carbocycles. The van der Waals surface area contributed by atoms with E-state index in [0.717, 1.165) is 12.8 Å². The molecule has 0 aromatic heterocycles. The van der Waals surface area contributed by atoms with Crippen LogP contribution in [0.3, 0.4) is 0 Å². The van der Waals surface area contributed by atoms with Crippen molar-refractivity contribution in [2.24, 2.45) is 0 Å². The van der Waals surface area contributed by atoms with Gasteiger partial charge in [0.15, 0.2) is 0 Å². The SMILES string of the molecule is CCCCCCCCCOCCCCC(O)C(F)(F)F. The van der Waals surface area contributed by atoms with Gasteiger partial charge in [0.1, 0.15) is 6.10 Å². The molecule has 0 bridgehead atoms. The lowest BCUT2D eigenvalue weighted by atomic mass is 10.1. The standard InChI is InChI=1S/C15H29F3O2/c1-2-3-4-5-6-7-9-12-20-13-10-8-11-14(19)15(16,17)18/h14,19H,2-13H2,1H3. The first-order valence-electron chi connectivity index (χ1n) is 7.81. The second-order valence-electron chi connectivity index (χ2n) is 5.29. The number of unbranched alkanes of at least 4 members (excludes halogenated alkanes) is 7. The highest BCUT2D eigenvalue weighted by Crippen LogP contribution is 2.23. The molecule has 5 heteroatoms. The number of halogens is 3. The van der Waals surface area contributed by atoms with Gasteiger partial charge in [-0.1, -0.05) is 45.4 Å². The van der Waals surface area contributed by atoms with E-state index in [1.54, 1.807) is 0 Å². The van der Waals surface area contributed by atoms with Crippen LogP contribution in [-0.4, -0.2) is 30.6 Å². The second-order valence-corrected chi connectivity index (χ2v) is 5.29. The molecule has 0 aliphatic rings. The second kappa shape index (κ2) is 12.5. The summed E-state index contributed by atoms with van der Waals surface area (Å²) < 4.78 is 41.3. The maximum Gasteiger partial charge on any atom is 0.414 e. The maximum absolute atomic E-state index is 12.0. The molecule has 1 N–H and O–H groups in total. The van der Waals surface area contributed by atoms with Gasteiger partial charge in [-0.3, -0.25) is 0 Å². The molecule has 1 unspecified atom stereocenters. The van der Waals surface area contributed by atoms with E-state index in [0.29, 0.717) is 26.1 Å². The predicted octanol–water partition coefficient (Wildman–Crippen LogP) is 4.85. The molecule has 0 amide bonds. The summed E-state index contributed by atoms with van der Waals surface area (Å²) in [7, 11) is 0. The van der Waals surface area contributed by atoms with Gasteiger partial charge in [0.2, 0.25) is 0 Å². The van der Waals surface area contributed by atoms with Crippen LogP contribution in [0.5, 0.6) is 0 Å². The molecule has 0 fully saturated rings. The van der Waals surface area contributed by atoms with Gasteiger partial charge < -0.3 is 9.84 Å². The van der Waals surface area contributed by atoms with Crippen LogP contribution in [0.1, 0.15) is 71.1 Å². The zero-order valence-electron chi connectivity index (χ0n) is 12.6. The summed E-state index contributed by atoms with van der Waals surface area (Å²) in [4.78, 5) is 0. The Morgan fingerprint density at radius 1 is 0.850 bits per heavy atom. The average molecular weight is 298 g/mol. The molecule has 0 spiro atoms. The van der Waals surface area contributed by atoms with E-state index >= 15 is 0 Å². The molecule has 20 heavy (non-hydrogen) atoms. The fraction of sp³-hybridized carbons (Fsp3) is 1.00. The average Bonchev–Trinajstić information content (AvgIpc) is 2.38. The third-order valence-electron chi connectivity index (χ3n) is 3.29. The first kappa shape index (κ1) is 19.7. The number of hydrogen-bond acceptors (Lipinski definition) is 2. The number of rotatable bonds is 13. The first-order valence-corrected chi connectivity index (χ1v) is 7.81. The Hall–Kier alpha value is -0.290. The van der Waals surface area contributed by atoms with Crippen molar-refractivity contribution in [1.82, 2.24) is 0 Å². The predicted molar refractivity (Wildman–Crippen MR) is 74.7 cm³/mol. The van der Waals surface area contributed by atoms with E-state index < -0.39 is 12.3 Å². The minimum atomic E-state index is -4.49. The van der Waals surface area contributed by atoms with Gasteiger partial charge in [0, 0.05) is 13.2 Å². The Kier molecular flexibility index (Phi) is 12.3. The van der Waals surface area contributed by atoms with Gasteiger partial charge >= 0.3 is 6.18 Å². The summed E-state index contributed by atoms with van der Waals surface area (Å²) >= 11 is 0. The van der Waals surface area contributed by atoms with Crippen LogP contribution in [0.25, 0.3) is 0 Å². The molecular weight excluding hydrogens is 269 g/mol. The number of alkyl halides is 3. The normalized spacial score (nSPS) is 13.7. The van der Waals surface area contributed by atoms with Crippen LogP contribution in [-0.2, 0) is 4.74 Å². The van der Waals surface area contributed by atoms with E-state index in [-0.39, 0.29) is 6.42 Å². The van der Waals surface area contributed by atoms with Crippen LogP contribution in [0.2, 0.25) is 0 Å². The largest absolute Gasteiger partial charge is 0.414 e. The molecule has 0 aromatic rings. The molecule has 0 aliphatic carbocycles. The van der Waals surface area contributed by atoms with Crippen LogP contribution >= 0.6 is 0 Å². The molecule has 0 radical (unpaired) electrons. The zero-order valence-corrected chi connectivity index (χ0v) is 12.6. The topological polar surface area (TPSA) is 29.5 Å². The molecule has 0 saturated carbocycles. The van der Waals surface area contributed by atoms with Crippen LogP contribution in [0.15, 0.2) is 0 Å². The van der Waals surface area contributed by atoms with Crippen LogP contribution in [0, 0.1) is 0 Å². The smallest absolute Gasteiger partial charge is 0.384 e. The number of aliphatic hydroxyl groups excluding tert-OH is 1. The summed E-state index contributed by atoms with van der Waals surface area (Å²) in [6.45, 7) is 3.37. The zero-order chi connectivity index (χ0) is 15.3. The summed E-state index contributed by atoms with van der Waals surface area (Å²) in [6.07, 6.45) is 2.58. The summed E-state index contributed by atoms with van der Waals surface area (Å²) in [5, 5.41) is 8.78. The van der Waals surface area contributed by atoms with E-state index in [4.69, 9.17) is 9.84 Å². The van der Waals surface area contributed by atoms with Crippen LogP contribution in [0.4, 0.5) is 13.2 Å². The fourth-order valence-corrected chi connectivity index (χ4v) is 1.97. The van der Waals surface area contributed by atoms with Crippen molar-refractivity contribution in [3.05, 3.63) is 0 Å². The highest BCUT2D eigenvalue weighted by atomic mass is 19.4. The Balaban J connectivity index is 3.14. The minimum Gasteiger partial charge on any atom is -0.384 e. The molecular formula is C15H29F3O2. The van der Waals surface area contributed by atoms with Crippen molar-refractivity contribution in [3.63, 3.8) is 0 Å². The van der Waals surface area contributed by atoms with Crippen molar-refractivity contribution < 1.29 is 23.0 Å². The van der Waals surface area contributed by atoms with Crippen molar-refractivity contribution >= 4 is 0 Å². The summed E-state index contributed by atoms with van der Waals surface area (Å²) in [6, 6.07) is 0. The van der Waals surface area contributed by atoms with Crippen molar-refractivity contribution in [3.8, 4) is 0 Å². The Labute approximate surface area is 120 Å². The number of ether oxygens (including phenoxy) is 1. The Morgan fingerprint density at radius 3 is 1.90 bits per heavy atom. The summed E-state index contributed by atoms with van der Waals surface area (Å²) in [5.41, 5.74) is 0. The van der Waals surface area contributed by atoms with Gasteiger partial charge in [-0.2, -0.15) is 13.2 Å². The third-order valence-corrected chi connectivity index (χ3v) is 3.29. The van der Waals surface area contributed by atoms with Gasteiger partial charge in [-0.25, -0.2) is 0 Å². The lowest BCUT2D eigenvalue weighted by Gasteiger charge is -2.13. The van der Waals surface area contributed by atoms with E-state index in [1.165, 1.54) is 32.1 Å². The molecule has 122 valence electrons. The van der Waals surface area contributed by atoms with E-state index in [2.05, 4.69) is 6.92 Å². The maximum atomic E-state index is 12.0.